The van der Waals surface area contributed by atoms with Gasteiger partial charge < -0.3 is 11.2 Å². The summed E-state index contributed by atoms with van der Waals surface area (Å²) in [5.41, 5.74) is 0. The zero-order chi connectivity index (χ0) is 4.62. The van der Waals surface area contributed by atoms with E-state index in [1.807, 2.05) is 0 Å². The first kappa shape index (κ1) is 7.50. The van der Waals surface area contributed by atoms with E-state index < -0.39 is 6.16 Å². The van der Waals surface area contributed by atoms with Gasteiger partial charge in [0.25, 0.3) is 8.05 Å². The molecule has 1 rings (SSSR count). The number of hydrogen-bond donors (Lipinski definition) is 1. The summed E-state index contributed by atoms with van der Waals surface area (Å²) in [4.78, 5) is 7.51. The van der Waals surface area contributed by atoms with Gasteiger partial charge in [-0.1, -0.05) is 0 Å². The Labute approximate surface area is 54.8 Å². The molecule has 2 radical (unpaired) electrons. The predicted octanol–water partition coefficient (Wildman–Crippen LogP) is -4.23. The topological polar surface area (TPSA) is 54.5 Å². The van der Waals surface area contributed by atoms with Crippen molar-refractivity contribution in [2.24, 2.45) is 0 Å². The van der Waals surface area contributed by atoms with Gasteiger partial charge in [0.05, 0.1) is 0 Å². The Hall–Kier alpha value is 0.502. The molecule has 1 aliphatic rings. The van der Waals surface area contributed by atoms with Gasteiger partial charge >= 0.3 is 25.0 Å². The van der Waals surface area contributed by atoms with Gasteiger partial charge in [0, 0.05) is 0 Å². The van der Waals surface area contributed by atoms with Gasteiger partial charge in [-0.3, -0.25) is 0 Å². The molecule has 7 heavy (non-hydrogen) atoms. The zero-order valence-electron chi connectivity index (χ0n) is 4.75. The molecule has 1 saturated heterocycles. The molecule has 0 amide bonds. The number of aliphatic hydroxyl groups is 1. The van der Waals surface area contributed by atoms with E-state index in [2.05, 4.69) is 22.5 Å². The van der Waals surface area contributed by atoms with Crippen molar-refractivity contribution >= 4 is 8.05 Å². The fraction of sp³-hybridized carbons (Fsp3) is 1.00. The molecule has 0 unspecified atom stereocenters. The Bertz CT molecular complexity index is 67.1. The van der Waals surface area contributed by atoms with Gasteiger partial charge in [0.2, 0.25) is 0 Å². The van der Waals surface area contributed by atoms with Gasteiger partial charge in [0.1, 0.15) is 0 Å². The van der Waals surface area contributed by atoms with Crippen LogP contribution in [-0.4, -0.2) is 19.3 Å². The summed E-state index contributed by atoms with van der Waals surface area (Å²) in [5.74, 6) is 0. The van der Waals surface area contributed by atoms with Crippen LogP contribution < -0.4 is 18.9 Å². The molecule has 34 valence electrons. The third-order valence-corrected chi connectivity index (χ3v) is 0.375. The first-order chi connectivity index (χ1) is 2.77. The summed E-state index contributed by atoms with van der Waals surface area (Å²) >= 11 is 0. The summed E-state index contributed by atoms with van der Waals surface area (Å²) < 4.78 is 3.66. The summed E-state index contributed by atoms with van der Waals surface area (Å²) in [7, 11) is 4.37. The van der Waals surface area contributed by atoms with Crippen LogP contribution in [0.25, 0.3) is 0 Å². The SMILES string of the molecule is [B]OC1(O)OO1.[H-].[Li+]. The van der Waals surface area contributed by atoms with E-state index in [9.17, 15) is 0 Å². The van der Waals surface area contributed by atoms with Gasteiger partial charge in [0.15, 0.2) is 0 Å². The monoisotopic (exact) mass is 96.0 g/mol. The van der Waals surface area contributed by atoms with E-state index in [0.29, 0.717) is 0 Å². The van der Waals surface area contributed by atoms with E-state index in [1.54, 1.807) is 0 Å². The Balaban J connectivity index is 0. The van der Waals surface area contributed by atoms with Crippen LogP contribution in [0.5, 0.6) is 0 Å². The van der Waals surface area contributed by atoms with Gasteiger partial charge in [-0.2, -0.15) is 0 Å². The maximum Gasteiger partial charge on any atom is 1.00 e. The van der Waals surface area contributed by atoms with Crippen LogP contribution in [0.4, 0.5) is 0 Å². The van der Waals surface area contributed by atoms with Crippen LogP contribution in [-0.2, 0) is 14.4 Å². The third kappa shape index (κ3) is 1.82. The molecule has 0 aromatic heterocycles. The van der Waals surface area contributed by atoms with Crippen molar-refractivity contribution in [3.05, 3.63) is 0 Å². The first-order valence-corrected chi connectivity index (χ1v) is 1.24. The number of hydrogen-bond acceptors (Lipinski definition) is 4. The minimum absolute atomic E-state index is 0. The van der Waals surface area contributed by atoms with Crippen molar-refractivity contribution < 1.29 is 39.8 Å². The van der Waals surface area contributed by atoms with Crippen molar-refractivity contribution in [2.45, 2.75) is 6.16 Å². The normalized spacial score (nSPS) is 23.0. The molecular formula is CH2BLiO4. The Morgan fingerprint density at radius 2 is 2.14 bits per heavy atom. The molecule has 0 bridgehead atoms. The largest absolute Gasteiger partial charge is 1.00 e. The minimum Gasteiger partial charge on any atom is -1.00 e. The Morgan fingerprint density at radius 1 is 1.71 bits per heavy atom. The second-order valence-electron chi connectivity index (χ2n) is 0.808. The molecule has 1 N–H and O–H groups in total. The van der Waals surface area contributed by atoms with Gasteiger partial charge in [-0.25, -0.2) is 0 Å². The summed E-state index contributed by atoms with van der Waals surface area (Å²) in [6, 6.07) is 0. The molecular weight excluding hydrogens is 93.8 g/mol. The maximum atomic E-state index is 8.15. The van der Waals surface area contributed by atoms with Crippen LogP contribution in [0.3, 0.4) is 0 Å². The van der Waals surface area contributed by atoms with Crippen molar-refractivity contribution in [3.8, 4) is 0 Å². The van der Waals surface area contributed by atoms with Crippen LogP contribution in [0.1, 0.15) is 1.43 Å². The summed E-state index contributed by atoms with van der Waals surface area (Å²) in [5, 5.41) is 8.15. The molecule has 0 aliphatic carbocycles. The zero-order valence-corrected chi connectivity index (χ0v) is 3.75. The summed E-state index contributed by atoms with van der Waals surface area (Å²) in [6.07, 6.45) is -1.93. The quantitative estimate of drug-likeness (QED) is 0.155. The summed E-state index contributed by atoms with van der Waals surface area (Å²) in [6.45, 7) is 0. The molecule has 0 spiro atoms. The molecule has 4 nitrogen and oxygen atoms in total. The Kier molecular flexibility index (Phi) is 2.34. The molecule has 1 aliphatic heterocycles. The minimum atomic E-state index is -1.93. The van der Waals surface area contributed by atoms with Crippen molar-refractivity contribution in [1.82, 2.24) is 0 Å². The smallest absolute Gasteiger partial charge is 1.00 e. The molecule has 0 aromatic rings. The second kappa shape index (κ2) is 2.18. The van der Waals surface area contributed by atoms with E-state index >= 15 is 0 Å². The van der Waals surface area contributed by atoms with Crippen LogP contribution in [0.15, 0.2) is 0 Å². The molecule has 0 aromatic carbocycles. The molecule has 1 fully saturated rings. The van der Waals surface area contributed by atoms with E-state index in [1.165, 1.54) is 0 Å². The van der Waals surface area contributed by atoms with E-state index in [0.717, 1.165) is 0 Å². The average molecular weight is 95.8 g/mol. The van der Waals surface area contributed by atoms with Crippen molar-refractivity contribution in [1.29, 1.82) is 0 Å². The molecule has 0 atom stereocenters. The van der Waals surface area contributed by atoms with Gasteiger partial charge in [-0.05, 0) is 0 Å². The fourth-order valence-electron chi connectivity index (χ4n) is 0.0749. The van der Waals surface area contributed by atoms with Crippen LogP contribution in [0, 0.1) is 0 Å². The number of rotatable bonds is 1. The second-order valence-corrected chi connectivity index (χ2v) is 0.808. The standard InChI is InChI=1S/CHBO4.Li.H/c2-4-1(3)5-6-1;;/h3H;;/q;+1;-1. The molecule has 6 heteroatoms. The predicted molar refractivity (Wildman–Crippen MR) is 15.1 cm³/mol. The Morgan fingerprint density at radius 3 is 2.14 bits per heavy atom. The third-order valence-electron chi connectivity index (χ3n) is 0.375. The van der Waals surface area contributed by atoms with Crippen LogP contribution >= 0.6 is 0 Å². The van der Waals surface area contributed by atoms with E-state index in [-0.39, 0.29) is 20.3 Å². The maximum absolute atomic E-state index is 8.15. The first-order valence-electron chi connectivity index (χ1n) is 1.24. The molecule has 1 heterocycles. The average Bonchev–Trinajstić information content (AvgIpc) is 2.22. The fourth-order valence-corrected chi connectivity index (χ4v) is 0.0749. The van der Waals surface area contributed by atoms with Gasteiger partial charge in [-0.15, -0.1) is 9.78 Å². The van der Waals surface area contributed by atoms with Crippen molar-refractivity contribution in [2.75, 3.05) is 0 Å². The van der Waals surface area contributed by atoms with E-state index in [4.69, 9.17) is 5.11 Å². The van der Waals surface area contributed by atoms with Crippen molar-refractivity contribution in [3.63, 3.8) is 0 Å². The molecule has 0 saturated carbocycles. The van der Waals surface area contributed by atoms with Crippen LogP contribution in [0.2, 0.25) is 0 Å².